The number of para-hydroxylation sites is 1. The molecule has 6 nitrogen and oxygen atoms in total. The van der Waals surface area contributed by atoms with Crippen molar-refractivity contribution in [3.05, 3.63) is 63.8 Å². The van der Waals surface area contributed by atoms with Crippen LogP contribution in [0.2, 0.25) is 5.02 Å². The largest absolute Gasteiger partial charge is 0.482 e. The molecule has 150 valence electrons. The Morgan fingerprint density at radius 1 is 1.28 bits per heavy atom. The number of carbonyl (C=O) groups is 3. The molecule has 3 amide bonds. The van der Waals surface area contributed by atoms with Crippen LogP contribution in [0.4, 0.5) is 14.9 Å². The van der Waals surface area contributed by atoms with E-state index >= 15 is 0 Å². The minimum absolute atomic E-state index is 0.0589. The molecule has 1 fully saturated rings. The highest BCUT2D eigenvalue weighted by Gasteiger charge is 2.33. The van der Waals surface area contributed by atoms with E-state index in [2.05, 4.69) is 5.32 Å². The van der Waals surface area contributed by atoms with E-state index < -0.39 is 11.7 Å². The topological polar surface area (TPSA) is 75.7 Å². The lowest BCUT2D eigenvalue weighted by Crippen LogP contribution is -2.27. The van der Waals surface area contributed by atoms with Crippen LogP contribution in [0.5, 0.6) is 5.75 Å². The summed E-state index contributed by atoms with van der Waals surface area (Å²) in [5.41, 5.74) is 0.670. The van der Waals surface area contributed by atoms with Crippen LogP contribution in [0, 0.1) is 5.82 Å². The van der Waals surface area contributed by atoms with Crippen LogP contribution >= 0.6 is 23.4 Å². The van der Waals surface area contributed by atoms with Gasteiger partial charge in [-0.15, -0.1) is 0 Å². The SMILES string of the molecule is CCN1C(=O)S/C(=C\c2ccc(OCC(=O)Nc3ccccc3F)c(Cl)c2)C1=O. The summed E-state index contributed by atoms with van der Waals surface area (Å²) in [5, 5.41) is 2.33. The maximum atomic E-state index is 13.6. The smallest absolute Gasteiger partial charge is 0.293 e. The molecule has 0 radical (unpaired) electrons. The van der Waals surface area contributed by atoms with Crippen LogP contribution < -0.4 is 10.1 Å². The zero-order valence-electron chi connectivity index (χ0n) is 15.3. The molecule has 1 aliphatic rings. The van der Waals surface area contributed by atoms with Gasteiger partial charge in [-0.1, -0.05) is 29.8 Å². The van der Waals surface area contributed by atoms with Crippen LogP contribution in [-0.2, 0) is 9.59 Å². The van der Waals surface area contributed by atoms with E-state index in [-0.39, 0.29) is 34.2 Å². The first-order valence-electron chi connectivity index (χ1n) is 8.61. The minimum atomic E-state index is -0.546. The van der Waals surface area contributed by atoms with Gasteiger partial charge in [-0.3, -0.25) is 19.3 Å². The van der Waals surface area contributed by atoms with Gasteiger partial charge in [-0.2, -0.15) is 0 Å². The first-order chi connectivity index (χ1) is 13.9. The van der Waals surface area contributed by atoms with E-state index in [1.54, 1.807) is 37.3 Å². The highest BCUT2D eigenvalue weighted by Crippen LogP contribution is 2.33. The van der Waals surface area contributed by atoms with Crippen molar-refractivity contribution in [3.8, 4) is 5.75 Å². The monoisotopic (exact) mass is 434 g/mol. The molecule has 0 aliphatic carbocycles. The Kier molecular flexibility index (Phi) is 6.56. The first kappa shape index (κ1) is 20.9. The Balaban J connectivity index is 1.63. The second-order valence-corrected chi connectivity index (χ2v) is 7.33. The average Bonchev–Trinajstić information content (AvgIpc) is 2.95. The summed E-state index contributed by atoms with van der Waals surface area (Å²) in [6.07, 6.45) is 1.57. The van der Waals surface area contributed by atoms with E-state index in [9.17, 15) is 18.8 Å². The van der Waals surface area contributed by atoms with Gasteiger partial charge in [-0.05, 0) is 54.6 Å². The lowest BCUT2D eigenvalue weighted by molar-refractivity contribution is -0.122. The number of rotatable bonds is 6. The lowest BCUT2D eigenvalue weighted by atomic mass is 10.2. The molecule has 0 unspecified atom stereocenters. The number of nitrogens with one attached hydrogen (secondary N) is 1. The van der Waals surface area contributed by atoms with Gasteiger partial charge < -0.3 is 10.1 Å². The second-order valence-electron chi connectivity index (χ2n) is 5.93. The molecule has 1 saturated heterocycles. The number of halogens is 2. The van der Waals surface area contributed by atoms with E-state index in [1.165, 1.54) is 18.2 Å². The highest BCUT2D eigenvalue weighted by molar-refractivity contribution is 8.18. The van der Waals surface area contributed by atoms with Gasteiger partial charge in [0.2, 0.25) is 0 Å². The number of anilines is 1. The second kappa shape index (κ2) is 9.11. The number of ether oxygens (including phenoxy) is 1. The summed E-state index contributed by atoms with van der Waals surface area (Å²) in [6, 6.07) is 10.6. The summed E-state index contributed by atoms with van der Waals surface area (Å²) < 4.78 is 18.9. The highest BCUT2D eigenvalue weighted by atomic mass is 35.5. The zero-order chi connectivity index (χ0) is 21.0. The Hall–Kier alpha value is -2.84. The van der Waals surface area contributed by atoms with Crippen molar-refractivity contribution in [3.63, 3.8) is 0 Å². The standard InChI is InChI=1S/C20H16ClFN2O4S/c1-2-24-19(26)17(29-20(24)27)10-12-7-8-16(13(21)9-12)28-11-18(25)23-15-6-4-3-5-14(15)22/h3-10H,2,11H2,1H3,(H,23,25)/b17-10-. The van der Waals surface area contributed by atoms with Crippen molar-refractivity contribution < 1.29 is 23.5 Å². The molecule has 2 aromatic carbocycles. The van der Waals surface area contributed by atoms with E-state index in [0.717, 1.165) is 16.7 Å². The van der Waals surface area contributed by atoms with Gasteiger partial charge in [0, 0.05) is 6.54 Å². The Labute approximate surface area is 175 Å². The van der Waals surface area contributed by atoms with Gasteiger partial charge in [0.15, 0.2) is 6.61 Å². The van der Waals surface area contributed by atoms with E-state index in [0.29, 0.717) is 17.0 Å². The summed E-state index contributed by atoms with van der Waals surface area (Å²) in [6.45, 7) is 1.68. The van der Waals surface area contributed by atoms with Gasteiger partial charge in [-0.25, -0.2) is 4.39 Å². The number of hydrogen-bond donors (Lipinski definition) is 1. The number of benzene rings is 2. The number of imide groups is 1. The minimum Gasteiger partial charge on any atom is -0.482 e. The molecule has 9 heteroatoms. The van der Waals surface area contributed by atoms with Crippen LogP contribution in [0.3, 0.4) is 0 Å². The molecular formula is C20H16ClFN2O4S. The fourth-order valence-corrected chi connectivity index (χ4v) is 3.69. The summed E-state index contributed by atoms with van der Waals surface area (Å²) in [5.74, 6) is -1.17. The first-order valence-corrected chi connectivity index (χ1v) is 9.80. The third-order valence-corrected chi connectivity index (χ3v) is 5.15. The van der Waals surface area contributed by atoms with Crippen molar-refractivity contribution in [2.24, 2.45) is 0 Å². The van der Waals surface area contributed by atoms with E-state index in [1.807, 2.05) is 0 Å². The maximum Gasteiger partial charge on any atom is 0.293 e. The maximum absolute atomic E-state index is 13.6. The number of amides is 3. The number of hydrogen-bond acceptors (Lipinski definition) is 5. The molecule has 0 spiro atoms. The van der Waals surface area contributed by atoms with Crippen molar-refractivity contribution in [1.29, 1.82) is 0 Å². The van der Waals surface area contributed by atoms with Crippen molar-refractivity contribution >= 4 is 52.2 Å². The molecule has 0 bridgehead atoms. The van der Waals surface area contributed by atoms with Crippen LogP contribution in [0.15, 0.2) is 47.4 Å². The molecule has 0 aromatic heterocycles. The lowest BCUT2D eigenvalue weighted by Gasteiger charge is -2.10. The Morgan fingerprint density at radius 2 is 2.03 bits per heavy atom. The van der Waals surface area contributed by atoms with Crippen molar-refractivity contribution in [1.82, 2.24) is 4.90 Å². The van der Waals surface area contributed by atoms with Crippen LogP contribution in [0.25, 0.3) is 6.08 Å². The van der Waals surface area contributed by atoms with Crippen LogP contribution in [-0.4, -0.2) is 35.1 Å². The van der Waals surface area contributed by atoms with Gasteiger partial charge >= 0.3 is 0 Å². The fourth-order valence-electron chi connectivity index (χ4n) is 2.54. The Morgan fingerprint density at radius 3 is 2.69 bits per heavy atom. The average molecular weight is 435 g/mol. The van der Waals surface area contributed by atoms with Crippen LogP contribution in [0.1, 0.15) is 12.5 Å². The summed E-state index contributed by atoms with van der Waals surface area (Å²) >= 11 is 7.06. The van der Waals surface area contributed by atoms with Gasteiger partial charge in [0.05, 0.1) is 15.6 Å². The summed E-state index contributed by atoms with van der Waals surface area (Å²) in [7, 11) is 0. The molecule has 3 rings (SSSR count). The number of likely N-dealkylation sites (N-methyl/N-ethyl adjacent to an activating group) is 1. The fraction of sp³-hybridized carbons (Fsp3) is 0.150. The molecule has 2 aromatic rings. The molecular weight excluding hydrogens is 419 g/mol. The molecule has 0 atom stereocenters. The van der Waals surface area contributed by atoms with Gasteiger partial charge in [0.25, 0.3) is 17.1 Å². The van der Waals surface area contributed by atoms with Crippen molar-refractivity contribution in [2.45, 2.75) is 6.92 Å². The normalized spacial score (nSPS) is 15.1. The number of carbonyl (C=O) groups excluding carboxylic acids is 3. The molecule has 1 N–H and O–H groups in total. The summed E-state index contributed by atoms with van der Waals surface area (Å²) in [4.78, 5) is 37.3. The van der Waals surface area contributed by atoms with Crippen molar-refractivity contribution in [2.75, 3.05) is 18.5 Å². The molecule has 29 heavy (non-hydrogen) atoms. The number of nitrogens with zero attached hydrogens (tertiary/aromatic N) is 1. The third-order valence-electron chi connectivity index (χ3n) is 3.95. The van der Waals surface area contributed by atoms with E-state index in [4.69, 9.17) is 16.3 Å². The number of thioether (sulfide) groups is 1. The predicted octanol–water partition coefficient (Wildman–Crippen LogP) is 4.55. The predicted molar refractivity (Wildman–Crippen MR) is 110 cm³/mol. The van der Waals surface area contributed by atoms with Gasteiger partial charge in [0.1, 0.15) is 11.6 Å². The Bertz CT molecular complexity index is 1010. The zero-order valence-corrected chi connectivity index (χ0v) is 16.8. The third kappa shape index (κ3) is 4.96. The molecule has 1 aliphatic heterocycles. The quantitative estimate of drug-likeness (QED) is 0.675. The molecule has 0 saturated carbocycles. The molecule has 1 heterocycles.